The third-order valence-corrected chi connectivity index (χ3v) is 5.44. The van der Waals surface area contributed by atoms with Crippen LogP contribution in [-0.4, -0.2) is 23.3 Å². The van der Waals surface area contributed by atoms with Crippen LogP contribution in [-0.2, 0) is 22.6 Å². The molecule has 29 heavy (non-hydrogen) atoms. The lowest BCUT2D eigenvalue weighted by Gasteiger charge is -2.11. The van der Waals surface area contributed by atoms with Crippen molar-refractivity contribution < 1.29 is 18.7 Å². The Kier molecular flexibility index (Phi) is 6.07. The van der Waals surface area contributed by atoms with Crippen molar-refractivity contribution in [3.8, 4) is 11.5 Å². The fourth-order valence-corrected chi connectivity index (χ4v) is 4.02. The van der Waals surface area contributed by atoms with Crippen LogP contribution >= 0.6 is 11.8 Å². The third-order valence-electron chi connectivity index (χ3n) is 4.31. The van der Waals surface area contributed by atoms with E-state index >= 15 is 0 Å². The number of aromatic nitrogens is 1. The smallest absolute Gasteiger partial charge is 0.250 e. The van der Waals surface area contributed by atoms with Gasteiger partial charge >= 0.3 is 0 Å². The molecule has 0 aliphatic carbocycles. The number of ether oxygens (including phenoxy) is 2. The Morgan fingerprint density at radius 1 is 1.14 bits per heavy atom. The van der Waals surface area contributed by atoms with Crippen LogP contribution in [0.4, 0.5) is 10.1 Å². The van der Waals surface area contributed by atoms with Gasteiger partial charge in [-0.2, -0.15) is 0 Å². The van der Waals surface area contributed by atoms with Crippen LogP contribution in [0, 0.1) is 5.82 Å². The highest BCUT2D eigenvalue weighted by Gasteiger charge is 2.19. The number of aryl methyl sites for hydroxylation is 1. The summed E-state index contributed by atoms with van der Waals surface area (Å²) in [6, 6.07) is 15.6. The van der Waals surface area contributed by atoms with Crippen LogP contribution in [0.2, 0.25) is 0 Å². The van der Waals surface area contributed by atoms with E-state index in [2.05, 4.69) is 10.3 Å². The molecule has 1 aliphatic heterocycles. The van der Waals surface area contributed by atoms with Gasteiger partial charge in [-0.3, -0.25) is 9.78 Å². The Morgan fingerprint density at radius 2 is 2.00 bits per heavy atom. The highest BCUT2D eigenvalue weighted by atomic mass is 32.2. The van der Waals surface area contributed by atoms with Gasteiger partial charge in [0.15, 0.2) is 11.6 Å². The maximum Gasteiger partial charge on any atom is 0.250 e. The summed E-state index contributed by atoms with van der Waals surface area (Å²) in [5, 5.41) is 2.63. The Balaban J connectivity index is 1.34. The molecule has 1 aromatic heterocycles. The van der Waals surface area contributed by atoms with E-state index in [-0.39, 0.29) is 18.3 Å². The van der Waals surface area contributed by atoms with Gasteiger partial charge in [0.1, 0.15) is 12.4 Å². The van der Waals surface area contributed by atoms with Crippen molar-refractivity contribution in [1.29, 1.82) is 0 Å². The van der Waals surface area contributed by atoms with E-state index in [4.69, 9.17) is 9.47 Å². The molecule has 148 valence electrons. The molecular formula is C22H19FN2O3S. The molecule has 7 heteroatoms. The van der Waals surface area contributed by atoms with E-state index in [1.54, 1.807) is 30.1 Å². The molecular weight excluding hydrogens is 391 g/mol. The summed E-state index contributed by atoms with van der Waals surface area (Å²) in [6.45, 7) is 0.221. The molecule has 0 fully saturated rings. The average molecular weight is 410 g/mol. The van der Waals surface area contributed by atoms with Gasteiger partial charge in [0.2, 0.25) is 5.91 Å². The van der Waals surface area contributed by atoms with Crippen molar-refractivity contribution in [2.75, 3.05) is 17.7 Å². The average Bonchev–Trinajstić information content (AvgIpc) is 3.21. The minimum Gasteiger partial charge on any atom is -0.453 e. The molecule has 1 amide bonds. The van der Waals surface area contributed by atoms with Crippen molar-refractivity contribution in [1.82, 2.24) is 4.98 Å². The summed E-state index contributed by atoms with van der Waals surface area (Å²) in [7, 11) is 0. The van der Waals surface area contributed by atoms with E-state index < -0.39 is 5.82 Å². The largest absolute Gasteiger partial charge is 0.453 e. The van der Waals surface area contributed by atoms with Crippen LogP contribution in [0.3, 0.4) is 0 Å². The molecule has 4 rings (SSSR count). The minimum atomic E-state index is -0.554. The number of pyridine rings is 1. The molecule has 0 saturated carbocycles. The first-order chi connectivity index (χ1) is 14.2. The number of fused-ring (bicyclic) bond motifs is 1. The van der Waals surface area contributed by atoms with E-state index in [0.29, 0.717) is 18.0 Å². The van der Waals surface area contributed by atoms with Crippen molar-refractivity contribution >= 4 is 23.4 Å². The third kappa shape index (κ3) is 4.93. The standard InChI is InChI=1S/C22H19FN2O3S/c23-17-12-16(25-21(26)14-27-13-15-4-2-1-3-5-15)6-7-19(17)28-20-8-10-24-18-9-11-29-22(18)20/h1-8,10,12H,9,11,13-14H2,(H,25,26). The van der Waals surface area contributed by atoms with Gasteiger partial charge in [0.25, 0.3) is 0 Å². The van der Waals surface area contributed by atoms with E-state index in [1.165, 1.54) is 12.1 Å². The molecule has 0 radical (unpaired) electrons. The van der Waals surface area contributed by atoms with Crippen LogP contribution < -0.4 is 10.1 Å². The molecule has 0 spiro atoms. The molecule has 2 heterocycles. The van der Waals surface area contributed by atoms with Gasteiger partial charge in [0.05, 0.1) is 17.2 Å². The number of amides is 1. The number of thioether (sulfide) groups is 1. The van der Waals surface area contributed by atoms with Crippen LogP contribution in [0.1, 0.15) is 11.3 Å². The Bertz CT molecular complexity index is 1010. The summed E-state index contributed by atoms with van der Waals surface area (Å²) in [5.41, 5.74) is 2.30. The number of benzene rings is 2. The summed E-state index contributed by atoms with van der Waals surface area (Å²) in [4.78, 5) is 17.3. The summed E-state index contributed by atoms with van der Waals surface area (Å²) in [6.07, 6.45) is 2.55. The van der Waals surface area contributed by atoms with Gasteiger partial charge in [-0.05, 0) is 17.7 Å². The number of hydrogen-bond donors (Lipinski definition) is 1. The maximum absolute atomic E-state index is 14.5. The fourth-order valence-electron chi connectivity index (χ4n) is 2.95. The first-order valence-corrected chi connectivity index (χ1v) is 10.2. The number of nitrogens with one attached hydrogen (secondary N) is 1. The van der Waals surface area contributed by atoms with E-state index in [0.717, 1.165) is 28.3 Å². The lowest BCUT2D eigenvalue weighted by molar-refractivity contribution is -0.121. The van der Waals surface area contributed by atoms with Gasteiger partial charge in [-0.1, -0.05) is 30.3 Å². The van der Waals surface area contributed by atoms with Crippen LogP contribution in [0.15, 0.2) is 65.7 Å². The highest BCUT2D eigenvalue weighted by Crippen LogP contribution is 2.40. The molecule has 1 aliphatic rings. The highest BCUT2D eigenvalue weighted by molar-refractivity contribution is 7.99. The predicted molar refractivity (Wildman–Crippen MR) is 110 cm³/mol. The predicted octanol–water partition coefficient (Wildman–Crippen LogP) is 4.82. The Morgan fingerprint density at radius 3 is 2.83 bits per heavy atom. The fraction of sp³-hybridized carbons (Fsp3) is 0.182. The number of halogens is 1. The first-order valence-electron chi connectivity index (χ1n) is 9.18. The van der Waals surface area contributed by atoms with Crippen molar-refractivity contribution in [3.63, 3.8) is 0 Å². The molecule has 0 saturated heterocycles. The molecule has 0 atom stereocenters. The van der Waals surface area contributed by atoms with Gasteiger partial charge < -0.3 is 14.8 Å². The lowest BCUT2D eigenvalue weighted by Crippen LogP contribution is -2.18. The molecule has 0 bridgehead atoms. The molecule has 0 unspecified atom stereocenters. The van der Waals surface area contributed by atoms with Crippen molar-refractivity contribution in [2.24, 2.45) is 0 Å². The van der Waals surface area contributed by atoms with E-state index in [9.17, 15) is 9.18 Å². The zero-order chi connectivity index (χ0) is 20.1. The van der Waals surface area contributed by atoms with Gasteiger partial charge in [0, 0.05) is 36.2 Å². The van der Waals surface area contributed by atoms with Crippen molar-refractivity contribution in [2.45, 2.75) is 17.9 Å². The molecule has 1 N–H and O–H groups in total. The number of anilines is 1. The normalized spacial score (nSPS) is 12.4. The first kappa shape index (κ1) is 19.4. The number of carbonyl (C=O) groups excluding carboxylic acids is 1. The number of hydrogen-bond acceptors (Lipinski definition) is 5. The van der Waals surface area contributed by atoms with Crippen molar-refractivity contribution in [3.05, 3.63) is 77.9 Å². The van der Waals surface area contributed by atoms with Gasteiger partial charge in [-0.25, -0.2) is 4.39 Å². The molecule has 3 aromatic rings. The lowest BCUT2D eigenvalue weighted by atomic mass is 10.2. The number of carbonyl (C=O) groups is 1. The van der Waals surface area contributed by atoms with Gasteiger partial charge in [-0.15, -0.1) is 11.8 Å². The number of rotatable bonds is 7. The summed E-state index contributed by atoms with van der Waals surface area (Å²) < 4.78 is 25.6. The van der Waals surface area contributed by atoms with Crippen LogP contribution in [0.25, 0.3) is 0 Å². The van der Waals surface area contributed by atoms with E-state index in [1.807, 2.05) is 30.3 Å². The van der Waals surface area contributed by atoms with Crippen LogP contribution in [0.5, 0.6) is 11.5 Å². The second-order valence-corrected chi connectivity index (χ2v) is 7.56. The monoisotopic (exact) mass is 410 g/mol. The maximum atomic E-state index is 14.5. The zero-order valence-electron chi connectivity index (χ0n) is 15.6. The zero-order valence-corrected chi connectivity index (χ0v) is 16.4. The summed E-state index contributed by atoms with van der Waals surface area (Å²) >= 11 is 1.66. The SMILES string of the molecule is O=C(COCc1ccccc1)Nc1ccc(Oc2ccnc3c2SCC3)c(F)c1. The summed E-state index contributed by atoms with van der Waals surface area (Å²) in [5.74, 6) is 0.744. The molecule has 5 nitrogen and oxygen atoms in total. The Hall–Kier alpha value is -2.90. The number of nitrogens with zero attached hydrogens (tertiary/aromatic N) is 1. The minimum absolute atomic E-state index is 0.101. The Labute approximate surface area is 172 Å². The second-order valence-electron chi connectivity index (χ2n) is 6.46. The molecule has 2 aromatic carbocycles. The second kappa shape index (κ2) is 9.07. The topological polar surface area (TPSA) is 60.5 Å². The quantitative estimate of drug-likeness (QED) is 0.605.